The van der Waals surface area contributed by atoms with Crippen LogP contribution in [-0.4, -0.2) is 39.3 Å². The van der Waals surface area contributed by atoms with Gasteiger partial charge in [-0.3, -0.25) is 4.79 Å². The van der Waals surface area contributed by atoms with E-state index in [2.05, 4.69) is 15.4 Å². The largest absolute Gasteiger partial charge is 0.452 e. The highest BCUT2D eigenvalue weighted by Crippen LogP contribution is 2.19. The molecule has 7 nitrogen and oxygen atoms in total. The molecule has 2 heterocycles. The van der Waals surface area contributed by atoms with Crippen LogP contribution in [0.2, 0.25) is 0 Å². The van der Waals surface area contributed by atoms with Crippen LogP contribution in [0, 0.1) is 6.92 Å². The molecule has 0 aliphatic carbocycles. The molecule has 3 aromatic rings. The van der Waals surface area contributed by atoms with E-state index in [0.29, 0.717) is 17.0 Å². The van der Waals surface area contributed by atoms with E-state index in [-0.39, 0.29) is 12.2 Å². The zero-order valence-corrected chi connectivity index (χ0v) is 14.5. The zero-order valence-electron chi connectivity index (χ0n) is 13.7. The summed E-state index contributed by atoms with van der Waals surface area (Å²) >= 11 is 1.58. The van der Waals surface area contributed by atoms with Crippen LogP contribution in [0.15, 0.2) is 47.6 Å². The number of nitrogens with one attached hydrogen (secondary N) is 1. The van der Waals surface area contributed by atoms with E-state index in [1.165, 1.54) is 4.52 Å². The van der Waals surface area contributed by atoms with Crippen molar-refractivity contribution in [2.45, 2.75) is 11.8 Å². The topological polar surface area (TPSA) is 85.6 Å². The smallest absolute Gasteiger partial charge is 0.344 e. The van der Waals surface area contributed by atoms with Crippen LogP contribution in [0.1, 0.15) is 16.1 Å². The molecule has 0 saturated carbocycles. The van der Waals surface area contributed by atoms with Gasteiger partial charge in [-0.2, -0.15) is 5.10 Å². The number of thioether (sulfide) groups is 1. The number of amides is 1. The number of aryl methyl sites for hydroxylation is 1. The molecule has 0 aliphatic rings. The maximum atomic E-state index is 12.3. The Balaban J connectivity index is 1.65. The number of rotatable bonds is 5. The van der Waals surface area contributed by atoms with Crippen molar-refractivity contribution < 1.29 is 14.3 Å². The van der Waals surface area contributed by atoms with Crippen molar-refractivity contribution in [3.05, 3.63) is 54.0 Å². The van der Waals surface area contributed by atoms with E-state index < -0.39 is 11.9 Å². The Morgan fingerprint density at radius 2 is 2.16 bits per heavy atom. The number of hydrogen-bond acceptors (Lipinski definition) is 6. The monoisotopic (exact) mass is 356 g/mol. The first-order valence-corrected chi connectivity index (χ1v) is 8.72. The lowest BCUT2D eigenvalue weighted by Gasteiger charge is -2.07. The van der Waals surface area contributed by atoms with Gasteiger partial charge < -0.3 is 10.1 Å². The fourth-order valence-corrected chi connectivity index (χ4v) is 2.80. The first-order valence-electron chi connectivity index (χ1n) is 7.49. The summed E-state index contributed by atoms with van der Waals surface area (Å²) in [5.74, 6) is -1.03. The van der Waals surface area contributed by atoms with Gasteiger partial charge in [0.15, 0.2) is 12.3 Å². The van der Waals surface area contributed by atoms with E-state index in [4.69, 9.17) is 4.74 Å². The number of fused-ring (bicyclic) bond motifs is 1. The molecule has 0 unspecified atom stereocenters. The Labute approximate surface area is 148 Å². The van der Waals surface area contributed by atoms with Gasteiger partial charge in [0.05, 0.1) is 5.69 Å². The van der Waals surface area contributed by atoms with Gasteiger partial charge in [0, 0.05) is 23.0 Å². The van der Waals surface area contributed by atoms with Crippen molar-refractivity contribution in [1.29, 1.82) is 0 Å². The predicted octanol–water partition coefficient (Wildman–Crippen LogP) is 2.56. The second kappa shape index (κ2) is 7.35. The molecule has 0 aliphatic heterocycles. The van der Waals surface area contributed by atoms with Crippen molar-refractivity contribution in [3.63, 3.8) is 0 Å². The van der Waals surface area contributed by atoms with Gasteiger partial charge in [0.25, 0.3) is 5.91 Å². The molecule has 0 saturated heterocycles. The number of benzene rings is 1. The maximum Gasteiger partial charge on any atom is 0.344 e. The van der Waals surface area contributed by atoms with Gasteiger partial charge in [-0.25, -0.2) is 14.3 Å². The van der Waals surface area contributed by atoms with Crippen LogP contribution in [0.3, 0.4) is 0 Å². The van der Waals surface area contributed by atoms with E-state index in [1.807, 2.05) is 24.5 Å². The summed E-state index contributed by atoms with van der Waals surface area (Å²) in [6.45, 7) is 1.31. The highest BCUT2D eigenvalue weighted by atomic mass is 32.2. The number of carbonyl (C=O) groups is 2. The molecular formula is C17H16N4O3S. The predicted molar refractivity (Wildman–Crippen MR) is 94.9 cm³/mol. The molecule has 128 valence electrons. The molecular weight excluding hydrogens is 340 g/mol. The van der Waals surface area contributed by atoms with Crippen LogP contribution in [0.25, 0.3) is 5.65 Å². The molecule has 3 rings (SSSR count). The van der Waals surface area contributed by atoms with E-state index >= 15 is 0 Å². The maximum absolute atomic E-state index is 12.3. The third kappa shape index (κ3) is 3.80. The third-order valence-corrected chi connectivity index (χ3v) is 4.19. The molecule has 8 heteroatoms. The van der Waals surface area contributed by atoms with Gasteiger partial charge in [-0.1, -0.05) is 6.07 Å². The normalized spacial score (nSPS) is 10.6. The molecule has 0 atom stereocenters. The van der Waals surface area contributed by atoms with Crippen LogP contribution >= 0.6 is 11.8 Å². The Bertz CT molecular complexity index is 939. The molecule has 0 radical (unpaired) electrons. The van der Waals surface area contributed by atoms with Crippen LogP contribution in [0.5, 0.6) is 0 Å². The molecule has 1 N–H and O–H groups in total. The molecule has 2 aromatic heterocycles. The molecule has 1 aromatic carbocycles. The lowest BCUT2D eigenvalue weighted by Crippen LogP contribution is -2.21. The van der Waals surface area contributed by atoms with Crippen molar-refractivity contribution in [2.75, 3.05) is 18.2 Å². The minimum Gasteiger partial charge on any atom is -0.452 e. The number of hydrogen-bond donors (Lipinski definition) is 1. The minimum atomic E-state index is -0.626. The average Bonchev–Trinajstić information content (AvgIpc) is 2.95. The molecule has 0 fully saturated rings. The summed E-state index contributed by atoms with van der Waals surface area (Å²) in [7, 11) is 0. The van der Waals surface area contributed by atoms with E-state index in [1.54, 1.807) is 43.2 Å². The van der Waals surface area contributed by atoms with E-state index in [0.717, 1.165) is 4.90 Å². The summed E-state index contributed by atoms with van der Waals surface area (Å²) < 4.78 is 6.62. The molecule has 25 heavy (non-hydrogen) atoms. The second-order valence-electron chi connectivity index (χ2n) is 5.20. The standard InChI is InChI=1S/C17H16N4O3S/c1-11-15(16-18-7-4-8-21(16)20-11)17(23)24-10-14(22)19-12-5-3-6-13(9-12)25-2/h3-9H,10H2,1-2H3,(H,19,22). The number of carbonyl (C=O) groups excluding carboxylic acids is 2. The Hall–Kier alpha value is -2.87. The van der Waals surface area contributed by atoms with Gasteiger partial charge in [0.2, 0.25) is 0 Å². The first-order chi connectivity index (χ1) is 12.1. The van der Waals surface area contributed by atoms with Crippen LogP contribution in [-0.2, 0) is 9.53 Å². The molecule has 0 bridgehead atoms. The van der Waals surface area contributed by atoms with Crippen molar-refractivity contribution in [1.82, 2.24) is 14.6 Å². The summed E-state index contributed by atoms with van der Waals surface area (Å²) in [4.78, 5) is 29.5. The van der Waals surface area contributed by atoms with Gasteiger partial charge in [-0.15, -0.1) is 11.8 Å². The number of esters is 1. The van der Waals surface area contributed by atoms with Gasteiger partial charge >= 0.3 is 5.97 Å². The van der Waals surface area contributed by atoms with Crippen molar-refractivity contribution in [3.8, 4) is 0 Å². The summed E-state index contributed by atoms with van der Waals surface area (Å²) in [5.41, 5.74) is 1.81. The highest BCUT2D eigenvalue weighted by Gasteiger charge is 2.20. The van der Waals surface area contributed by atoms with Gasteiger partial charge in [0.1, 0.15) is 5.56 Å². The number of ether oxygens (including phenoxy) is 1. The third-order valence-electron chi connectivity index (χ3n) is 3.46. The first kappa shape index (κ1) is 17.0. The summed E-state index contributed by atoms with van der Waals surface area (Å²) in [5, 5.41) is 6.90. The quantitative estimate of drug-likeness (QED) is 0.559. The Morgan fingerprint density at radius 1 is 1.32 bits per heavy atom. The Morgan fingerprint density at radius 3 is 2.96 bits per heavy atom. The fraction of sp³-hybridized carbons (Fsp3) is 0.176. The Kier molecular flexibility index (Phi) is 4.99. The second-order valence-corrected chi connectivity index (χ2v) is 6.08. The van der Waals surface area contributed by atoms with Crippen LogP contribution in [0.4, 0.5) is 5.69 Å². The lowest BCUT2D eigenvalue weighted by molar-refractivity contribution is -0.119. The molecule has 1 amide bonds. The number of aromatic nitrogens is 3. The highest BCUT2D eigenvalue weighted by molar-refractivity contribution is 7.98. The SMILES string of the molecule is CSc1cccc(NC(=O)COC(=O)c2c(C)nn3cccnc23)c1. The average molecular weight is 356 g/mol. The van der Waals surface area contributed by atoms with Crippen molar-refractivity contribution in [2.24, 2.45) is 0 Å². The zero-order chi connectivity index (χ0) is 17.8. The van der Waals surface area contributed by atoms with Gasteiger partial charge in [-0.05, 0) is 37.4 Å². The summed E-state index contributed by atoms with van der Waals surface area (Å²) in [6.07, 6.45) is 5.21. The minimum absolute atomic E-state index is 0.262. The lowest BCUT2D eigenvalue weighted by atomic mass is 10.2. The fourth-order valence-electron chi connectivity index (χ4n) is 2.34. The summed E-state index contributed by atoms with van der Waals surface area (Å²) in [6, 6.07) is 9.13. The number of anilines is 1. The molecule has 0 spiro atoms. The van der Waals surface area contributed by atoms with Crippen LogP contribution < -0.4 is 5.32 Å². The number of nitrogens with zero attached hydrogens (tertiary/aromatic N) is 3. The van der Waals surface area contributed by atoms with E-state index in [9.17, 15) is 9.59 Å². The van der Waals surface area contributed by atoms with Crippen molar-refractivity contribution >= 4 is 35.0 Å².